The maximum Gasteiger partial charge on any atom is 0.305 e. The number of hydrogen-bond acceptors (Lipinski definition) is 2. The van der Waals surface area contributed by atoms with E-state index in [0.717, 1.165) is 12.8 Å². The lowest BCUT2D eigenvalue weighted by Gasteiger charge is -2.27. The minimum absolute atomic E-state index is 0.0171. The largest absolute Gasteiger partial charge is 0.481 e. The van der Waals surface area contributed by atoms with Crippen molar-refractivity contribution in [2.45, 2.75) is 66.3 Å². The van der Waals surface area contributed by atoms with Gasteiger partial charge in [-0.05, 0) is 32.1 Å². The molecule has 0 radical (unpaired) electrons. The van der Waals surface area contributed by atoms with Gasteiger partial charge >= 0.3 is 5.97 Å². The monoisotopic (exact) mass is 257 g/mol. The fourth-order valence-corrected chi connectivity index (χ4v) is 1.80. The Morgan fingerprint density at radius 1 is 1.17 bits per heavy atom. The smallest absolute Gasteiger partial charge is 0.305 e. The second kappa shape index (κ2) is 7.39. The highest BCUT2D eigenvalue weighted by atomic mass is 16.4. The molecule has 0 unspecified atom stereocenters. The predicted octanol–water partition coefficient (Wildman–Crippen LogP) is 2.91. The summed E-state index contributed by atoms with van der Waals surface area (Å²) in [5.74, 6) is -0.793. The Balaban J connectivity index is 4.19. The van der Waals surface area contributed by atoms with Gasteiger partial charge < -0.3 is 10.0 Å². The average molecular weight is 257 g/mol. The summed E-state index contributed by atoms with van der Waals surface area (Å²) < 4.78 is 0. The van der Waals surface area contributed by atoms with Crippen LogP contribution in [0, 0.1) is 5.41 Å². The van der Waals surface area contributed by atoms with E-state index in [1.54, 1.807) is 4.90 Å². The zero-order chi connectivity index (χ0) is 14.3. The molecule has 0 spiro atoms. The number of nitrogens with zero attached hydrogens (tertiary/aromatic N) is 1. The van der Waals surface area contributed by atoms with Gasteiger partial charge in [0.05, 0.1) is 6.42 Å². The summed E-state index contributed by atoms with van der Waals surface area (Å²) in [6.07, 6.45) is 2.39. The van der Waals surface area contributed by atoms with Gasteiger partial charge in [-0.1, -0.05) is 20.8 Å². The third-order valence-electron chi connectivity index (χ3n) is 2.83. The second-order valence-corrected chi connectivity index (χ2v) is 6.24. The van der Waals surface area contributed by atoms with Crippen molar-refractivity contribution >= 4 is 11.9 Å². The van der Waals surface area contributed by atoms with Gasteiger partial charge in [0, 0.05) is 19.0 Å². The van der Waals surface area contributed by atoms with Gasteiger partial charge in [0.15, 0.2) is 0 Å². The Morgan fingerprint density at radius 3 is 2.11 bits per heavy atom. The van der Waals surface area contributed by atoms with E-state index in [2.05, 4.69) is 20.8 Å². The molecule has 0 bridgehead atoms. The van der Waals surface area contributed by atoms with Crippen LogP contribution in [0.5, 0.6) is 0 Å². The molecule has 0 atom stereocenters. The lowest BCUT2D eigenvalue weighted by molar-refractivity contribution is -0.139. The van der Waals surface area contributed by atoms with Crippen LogP contribution in [0.15, 0.2) is 0 Å². The van der Waals surface area contributed by atoms with Gasteiger partial charge in [0.1, 0.15) is 0 Å². The molecule has 18 heavy (non-hydrogen) atoms. The fourth-order valence-electron chi connectivity index (χ4n) is 1.80. The van der Waals surface area contributed by atoms with Gasteiger partial charge in [0.25, 0.3) is 0 Å². The number of carbonyl (C=O) groups excluding carboxylic acids is 1. The minimum atomic E-state index is -0.858. The molecule has 0 saturated carbocycles. The van der Waals surface area contributed by atoms with Crippen LogP contribution in [-0.4, -0.2) is 34.5 Å². The predicted molar refractivity (Wildman–Crippen MR) is 72.4 cm³/mol. The van der Waals surface area contributed by atoms with E-state index in [9.17, 15) is 9.59 Å². The molecule has 0 fully saturated rings. The van der Waals surface area contributed by atoms with Crippen molar-refractivity contribution in [3.05, 3.63) is 0 Å². The molecule has 4 nitrogen and oxygen atoms in total. The van der Waals surface area contributed by atoms with Crippen LogP contribution in [0.1, 0.15) is 60.3 Å². The summed E-state index contributed by atoms with van der Waals surface area (Å²) in [7, 11) is 0. The van der Waals surface area contributed by atoms with Crippen LogP contribution in [-0.2, 0) is 9.59 Å². The van der Waals surface area contributed by atoms with Crippen molar-refractivity contribution in [1.82, 2.24) is 4.90 Å². The first-order valence-corrected chi connectivity index (χ1v) is 6.65. The van der Waals surface area contributed by atoms with Crippen molar-refractivity contribution < 1.29 is 14.7 Å². The quantitative estimate of drug-likeness (QED) is 0.763. The Morgan fingerprint density at radius 2 is 1.72 bits per heavy atom. The lowest BCUT2D eigenvalue weighted by atomic mass is 9.90. The molecule has 0 aromatic heterocycles. The molecule has 0 saturated heterocycles. The van der Waals surface area contributed by atoms with Crippen molar-refractivity contribution in [3.63, 3.8) is 0 Å². The first-order valence-electron chi connectivity index (χ1n) is 6.65. The van der Waals surface area contributed by atoms with Crippen LogP contribution in [0.25, 0.3) is 0 Å². The summed E-state index contributed by atoms with van der Waals surface area (Å²) in [4.78, 5) is 24.2. The average Bonchev–Trinajstić information content (AvgIpc) is 2.14. The van der Waals surface area contributed by atoms with Crippen LogP contribution in [0.2, 0.25) is 0 Å². The number of carboxylic acid groups (broad SMARTS) is 1. The Labute approximate surface area is 110 Å². The molecule has 0 heterocycles. The van der Waals surface area contributed by atoms with E-state index in [-0.39, 0.29) is 23.8 Å². The number of carbonyl (C=O) groups is 2. The topological polar surface area (TPSA) is 57.6 Å². The van der Waals surface area contributed by atoms with E-state index in [1.165, 1.54) is 0 Å². The zero-order valence-electron chi connectivity index (χ0n) is 12.3. The highest BCUT2D eigenvalue weighted by Gasteiger charge is 2.18. The molecule has 0 rings (SSSR count). The molecular weight excluding hydrogens is 230 g/mol. The summed E-state index contributed by atoms with van der Waals surface area (Å²) in [6.45, 7) is 10.6. The van der Waals surface area contributed by atoms with Crippen molar-refractivity contribution in [1.29, 1.82) is 0 Å². The Hall–Kier alpha value is -1.06. The second-order valence-electron chi connectivity index (χ2n) is 6.24. The van der Waals surface area contributed by atoms with Crippen molar-refractivity contribution in [2.75, 3.05) is 6.54 Å². The first-order chi connectivity index (χ1) is 8.13. The molecule has 0 aliphatic carbocycles. The minimum Gasteiger partial charge on any atom is -0.481 e. The van der Waals surface area contributed by atoms with Gasteiger partial charge in [0.2, 0.25) is 5.91 Å². The molecule has 4 heteroatoms. The highest BCUT2D eigenvalue weighted by molar-refractivity contribution is 5.77. The molecule has 0 aromatic rings. The molecule has 0 aliphatic heterocycles. The number of rotatable bonds is 7. The summed E-state index contributed by atoms with van der Waals surface area (Å²) in [5, 5.41) is 8.67. The highest BCUT2D eigenvalue weighted by Crippen LogP contribution is 2.22. The zero-order valence-corrected chi connectivity index (χ0v) is 12.3. The van der Waals surface area contributed by atoms with Gasteiger partial charge in [-0.15, -0.1) is 0 Å². The summed E-state index contributed by atoms with van der Waals surface area (Å²) >= 11 is 0. The lowest BCUT2D eigenvalue weighted by Crippen LogP contribution is -2.38. The van der Waals surface area contributed by atoms with E-state index >= 15 is 0 Å². The fraction of sp³-hybridized carbons (Fsp3) is 0.857. The van der Waals surface area contributed by atoms with E-state index in [1.807, 2.05) is 13.8 Å². The summed E-state index contributed by atoms with van der Waals surface area (Å²) in [5.41, 5.74) is 0.240. The van der Waals surface area contributed by atoms with Gasteiger partial charge in [-0.2, -0.15) is 0 Å². The standard InChI is InChI=1S/C14H27NO3/c1-11(2)15(10-8-13(17)18)12(16)7-6-9-14(3,4)5/h11H,6-10H2,1-5H3,(H,17,18). The maximum atomic E-state index is 12.0. The number of carboxylic acids is 1. The molecule has 1 amide bonds. The van der Waals surface area contributed by atoms with Gasteiger partial charge in [-0.25, -0.2) is 0 Å². The number of hydrogen-bond donors (Lipinski definition) is 1. The summed E-state index contributed by atoms with van der Waals surface area (Å²) in [6, 6.07) is 0.0616. The van der Waals surface area contributed by atoms with E-state index in [4.69, 9.17) is 5.11 Å². The molecule has 0 aliphatic rings. The van der Waals surface area contributed by atoms with Gasteiger partial charge in [-0.3, -0.25) is 9.59 Å². The van der Waals surface area contributed by atoms with Crippen LogP contribution < -0.4 is 0 Å². The SMILES string of the molecule is CC(C)N(CCC(=O)O)C(=O)CCCC(C)(C)C. The number of amides is 1. The molecule has 1 N–H and O–H groups in total. The number of aliphatic carboxylic acids is 1. The maximum absolute atomic E-state index is 12.0. The third kappa shape index (κ3) is 8.09. The Kier molecular flexibility index (Phi) is 6.96. The van der Waals surface area contributed by atoms with E-state index < -0.39 is 5.97 Å². The normalized spacial score (nSPS) is 11.7. The Bertz CT molecular complexity index is 279. The molecule has 106 valence electrons. The van der Waals surface area contributed by atoms with Crippen molar-refractivity contribution in [2.24, 2.45) is 5.41 Å². The van der Waals surface area contributed by atoms with E-state index in [0.29, 0.717) is 13.0 Å². The third-order valence-corrected chi connectivity index (χ3v) is 2.83. The van der Waals surface area contributed by atoms with Crippen molar-refractivity contribution in [3.8, 4) is 0 Å². The first kappa shape index (κ1) is 16.9. The molecule has 0 aromatic carbocycles. The van der Waals surface area contributed by atoms with Crippen LogP contribution in [0.3, 0.4) is 0 Å². The van der Waals surface area contributed by atoms with Crippen LogP contribution >= 0.6 is 0 Å². The van der Waals surface area contributed by atoms with Crippen LogP contribution in [0.4, 0.5) is 0 Å². The molecular formula is C14H27NO3.